The first-order valence-electron chi connectivity index (χ1n) is 9.45. The quantitative estimate of drug-likeness (QED) is 0.684. The lowest BCUT2D eigenvalue weighted by molar-refractivity contribution is -0.123. The highest BCUT2D eigenvalue weighted by Gasteiger charge is 2.25. The van der Waals surface area contributed by atoms with E-state index in [9.17, 15) is 9.59 Å². The lowest BCUT2D eigenvalue weighted by Gasteiger charge is -2.11. The molecule has 0 aromatic heterocycles. The van der Waals surface area contributed by atoms with Gasteiger partial charge in [-0.2, -0.15) is 0 Å². The molecule has 1 heterocycles. The summed E-state index contributed by atoms with van der Waals surface area (Å²) >= 11 is 1.36. The van der Waals surface area contributed by atoms with Crippen molar-refractivity contribution in [3.05, 3.63) is 28.7 Å². The highest BCUT2D eigenvalue weighted by Crippen LogP contribution is 2.32. The molecule has 8 heteroatoms. The number of carbonyl (C=O) groups excluding carboxylic acids is 2. The fraction of sp³-hybridized carbons (Fsp3) is 0.450. The van der Waals surface area contributed by atoms with Crippen LogP contribution in [-0.4, -0.2) is 43.3 Å². The van der Waals surface area contributed by atoms with E-state index in [0.29, 0.717) is 34.2 Å². The van der Waals surface area contributed by atoms with Crippen LogP contribution in [0.5, 0.6) is 11.5 Å². The van der Waals surface area contributed by atoms with Gasteiger partial charge in [0, 0.05) is 6.54 Å². The summed E-state index contributed by atoms with van der Waals surface area (Å²) in [5, 5.41) is 6.19. The van der Waals surface area contributed by atoms with Crippen LogP contribution in [0.4, 0.5) is 0 Å². The SMILES string of the molecule is CCNC(=O)COc1ccc(/C=C2\SC(=NC3CCCC3)NC2=O)cc1OC. The number of nitrogens with one attached hydrogen (secondary N) is 2. The van der Waals surface area contributed by atoms with Crippen LogP contribution in [0.3, 0.4) is 0 Å². The first-order chi connectivity index (χ1) is 13.6. The highest BCUT2D eigenvalue weighted by molar-refractivity contribution is 8.18. The Bertz CT molecular complexity index is 801. The third-order valence-electron chi connectivity index (χ3n) is 4.49. The van der Waals surface area contributed by atoms with Crippen LogP contribution in [0.15, 0.2) is 28.1 Å². The standard InChI is InChI=1S/C20H25N3O4S/c1-3-21-18(24)12-27-15-9-8-13(10-16(15)26-2)11-17-19(25)23-20(28-17)22-14-6-4-5-7-14/h8-11,14H,3-7,12H2,1-2H3,(H,21,24)(H,22,23,25)/b17-11-. The molecule has 0 bridgehead atoms. The average Bonchev–Trinajstić information content (AvgIpc) is 3.31. The predicted molar refractivity (Wildman–Crippen MR) is 111 cm³/mol. The van der Waals surface area contributed by atoms with Gasteiger partial charge >= 0.3 is 0 Å². The fourth-order valence-electron chi connectivity index (χ4n) is 3.12. The third-order valence-corrected chi connectivity index (χ3v) is 5.42. The van der Waals surface area contributed by atoms with Gasteiger partial charge in [0.15, 0.2) is 23.3 Å². The molecule has 2 N–H and O–H groups in total. The number of nitrogens with zero attached hydrogens (tertiary/aromatic N) is 1. The van der Waals surface area contributed by atoms with Crippen LogP contribution in [0.1, 0.15) is 38.2 Å². The molecule has 1 saturated carbocycles. The first-order valence-corrected chi connectivity index (χ1v) is 10.3. The monoisotopic (exact) mass is 403 g/mol. The minimum absolute atomic E-state index is 0.0795. The molecule has 0 atom stereocenters. The number of hydrogen-bond acceptors (Lipinski definition) is 6. The maximum atomic E-state index is 12.2. The number of methoxy groups -OCH3 is 1. The van der Waals surface area contributed by atoms with Crippen molar-refractivity contribution in [2.45, 2.75) is 38.6 Å². The number of hydrogen-bond donors (Lipinski definition) is 2. The summed E-state index contributed by atoms with van der Waals surface area (Å²) in [7, 11) is 1.54. The number of amides is 2. The molecule has 2 amide bonds. The lowest BCUT2D eigenvalue weighted by atomic mass is 10.2. The lowest BCUT2D eigenvalue weighted by Crippen LogP contribution is -2.28. The van der Waals surface area contributed by atoms with Crippen molar-refractivity contribution in [1.29, 1.82) is 0 Å². The molecule has 0 unspecified atom stereocenters. The van der Waals surface area contributed by atoms with Gasteiger partial charge in [0.1, 0.15) is 0 Å². The van der Waals surface area contributed by atoms with Crippen LogP contribution in [0, 0.1) is 0 Å². The zero-order valence-corrected chi connectivity index (χ0v) is 16.9. The maximum absolute atomic E-state index is 12.2. The average molecular weight is 404 g/mol. The summed E-state index contributed by atoms with van der Waals surface area (Å²) in [6, 6.07) is 5.65. The normalized spacial score (nSPS) is 19.9. The van der Waals surface area contributed by atoms with E-state index in [1.54, 1.807) is 18.2 Å². The van der Waals surface area contributed by atoms with Gasteiger partial charge in [-0.15, -0.1) is 0 Å². The second-order valence-corrected chi connectivity index (χ2v) is 7.62. The summed E-state index contributed by atoms with van der Waals surface area (Å²) < 4.78 is 10.9. The van der Waals surface area contributed by atoms with E-state index in [4.69, 9.17) is 9.47 Å². The van der Waals surface area contributed by atoms with Gasteiger partial charge in [-0.05, 0) is 55.3 Å². The van der Waals surface area contributed by atoms with Gasteiger partial charge in [-0.1, -0.05) is 18.9 Å². The Hall–Kier alpha value is -2.48. The molecule has 0 spiro atoms. The summed E-state index contributed by atoms with van der Waals surface area (Å²) in [5.41, 5.74) is 0.807. The first kappa shape index (κ1) is 20.3. The minimum Gasteiger partial charge on any atom is -0.493 e. The molecule has 2 aliphatic rings. The molecule has 3 rings (SSSR count). The second-order valence-electron chi connectivity index (χ2n) is 6.59. The number of carbonyl (C=O) groups is 2. The van der Waals surface area contributed by atoms with Crippen LogP contribution in [0.25, 0.3) is 6.08 Å². The fourth-order valence-corrected chi connectivity index (χ4v) is 4.02. The molecule has 7 nitrogen and oxygen atoms in total. The van der Waals surface area contributed by atoms with Gasteiger partial charge in [0.2, 0.25) is 0 Å². The Kier molecular flexibility index (Phi) is 6.97. The van der Waals surface area contributed by atoms with Crippen LogP contribution < -0.4 is 20.1 Å². The van der Waals surface area contributed by atoms with Crippen molar-refractivity contribution in [2.24, 2.45) is 4.99 Å². The number of benzene rings is 1. The number of ether oxygens (including phenoxy) is 2. The van der Waals surface area contributed by atoms with E-state index in [1.807, 2.05) is 13.0 Å². The molecule has 1 aliphatic carbocycles. The number of amidine groups is 1. The predicted octanol–water partition coefficient (Wildman–Crippen LogP) is 2.71. The smallest absolute Gasteiger partial charge is 0.264 e. The summed E-state index contributed by atoms with van der Waals surface area (Å²) in [5.74, 6) is 0.644. The Balaban J connectivity index is 1.69. The number of thioether (sulfide) groups is 1. The minimum atomic E-state index is -0.191. The van der Waals surface area contributed by atoms with E-state index < -0.39 is 0 Å². The zero-order chi connectivity index (χ0) is 19.9. The van der Waals surface area contributed by atoms with E-state index in [2.05, 4.69) is 15.6 Å². The molecule has 28 heavy (non-hydrogen) atoms. The van der Waals surface area contributed by atoms with E-state index in [0.717, 1.165) is 18.4 Å². The Labute approximate surface area is 169 Å². The van der Waals surface area contributed by atoms with E-state index in [-0.39, 0.29) is 18.4 Å². The van der Waals surface area contributed by atoms with Crippen LogP contribution in [0.2, 0.25) is 0 Å². The van der Waals surface area contributed by atoms with Crippen molar-refractivity contribution in [2.75, 3.05) is 20.3 Å². The molecule has 0 radical (unpaired) electrons. The number of aliphatic imine (C=N–C) groups is 1. The van der Waals surface area contributed by atoms with E-state index >= 15 is 0 Å². The molecule has 1 aromatic rings. The third kappa shape index (κ3) is 5.28. The molecular weight excluding hydrogens is 378 g/mol. The summed E-state index contributed by atoms with van der Waals surface area (Å²) in [4.78, 5) is 29.0. The van der Waals surface area contributed by atoms with E-state index in [1.165, 1.54) is 31.7 Å². The molecule has 150 valence electrons. The van der Waals surface area contributed by atoms with Crippen molar-refractivity contribution in [3.8, 4) is 11.5 Å². The van der Waals surface area contributed by atoms with Gasteiger partial charge < -0.3 is 20.1 Å². The van der Waals surface area contributed by atoms with Crippen molar-refractivity contribution in [1.82, 2.24) is 10.6 Å². The Morgan fingerprint density at radius 3 is 2.86 bits per heavy atom. The maximum Gasteiger partial charge on any atom is 0.264 e. The second kappa shape index (κ2) is 9.64. The van der Waals surface area contributed by atoms with Gasteiger partial charge in [0.05, 0.1) is 18.1 Å². The molecule has 1 saturated heterocycles. The van der Waals surface area contributed by atoms with Crippen LogP contribution in [-0.2, 0) is 9.59 Å². The van der Waals surface area contributed by atoms with Gasteiger partial charge in [-0.3, -0.25) is 14.6 Å². The molecule has 1 aliphatic heterocycles. The van der Waals surface area contributed by atoms with Gasteiger partial charge in [0.25, 0.3) is 11.8 Å². The van der Waals surface area contributed by atoms with Crippen LogP contribution >= 0.6 is 11.8 Å². The Morgan fingerprint density at radius 1 is 1.36 bits per heavy atom. The van der Waals surface area contributed by atoms with Gasteiger partial charge in [-0.25, -0.2) is 0 Å². The zero-order valence-electron chi connectivity index (χ0n) is 16.1. The van der Waals surface area contributed by atoms with Crippen molar-refractivity contribution >= 4 is 34.8 Å². The highest BCUT2D eigenvalue weighted by atomic mass is 32.2. The number of likely N-dealkylation sites (N-methyl/N-ethyl adjacent to an activating group) is 1. The number of rotatable bonds is 7. The molecule has 2 fully saturated rings. The largest absolute Gasteiger partial charge is 0.493 e. The summed E-state index contributed by atoms with van der Waals surface area (Å²) in [6.07, 6.45) is 6.39. The molecular formula is C20H25N3O4S. The Morgan fingerprint density at radius 2 is 2.14 bits per heavy atom. The summed E-state index contributed by atoms with van der Waals surface area (Å²) in [6.45, 7) is 2.32. The van der Waals surface area contributed by atoms with Crippen molar-refractivity contribution in [3.63, 3.8) is 0 Å². The topological polar surface area (TPSA) is 89.0 Å². The van der Waals surface area contributed by atoms with Crippen molar-refractivity contribution < 1.29 is 19.1 Å². The molecule has 1 aromatic carbocycles.